The van der Waals surface area contributed by atoms with Gasteiger partial charge in [0, 0.05) is 32.6 Å². The minimum Gasteiger partial charge on any atom is -0.493 e. The SMILES string of the molecule is COc1ccc(CCC(=O)NCCN(Cc2ccccn2)C(C)=O)cc1OC. The van der Waals surface area contributed by atoms with Crippen molar-refractivity contribution < 1.29 is 19.1 Å². The molecule has 7 heteroatoms. The van der Waals surface area contributed by atoms with Crippen LogP contribution in [0.4, 0.5) is 0 Å². The number of benzene rings is 1. The van der Waals surface area contributed by atoms with Crippen LogP contribution in [0.2, 0.25) is 0 Å². The zero-order chi connectivity index (χ0) is 20.4. The van der Waals surface area contributed by atoms with Crippen LogP contribution in [0, 0.1) is 0 Å². The molecule has 0 spiro atoms. The summed E-state index contributed by atoms with van der Waals surface area (Å²) in [6.07, 6.45) is 2.65. The number of amides is 2. The van der Waals surface area contributed by atoms with Gasteiger partial charge in [-0.2, -0.15) is 0 Å². The van der Waals surface area contributed by atoms with Gasteiger partial charge in [0.05, 0.1) is 26.5 Å². The largest absolute Gasteiger partial charge is 0.493 e. The van der Waals surface area contributed by atoms with Crippen LogP contribution in [-0.4, -0.2) is 49.0 Å². The van der Waals surface area contributed by atoms with Gasteiger partial charge >= 0.3 is 0 Å². The maximum absolute atomic E-state index is 12.1. The third kappa shape index (κ3) is 6.57. The highest BCUT2D eigenvalue weighted by Gasteiger charge is 2.11. The molecule has 0 aliphatic carbocycles. The quantitative estimate of drug-likeness (QED) is 0.678. The maximum Gasteiger partial charge on any atom is 0.220 e. The predicted octanol–water partition coefficient (Wildman–Crippen LogP) is 2.20. The van der Waals surface area contributed by atoms with E-state index >= 15 is 0 Å². The van der Waals surface area contributed by atoms with Crippen LogP contribution >= 0.6 is 0 Å². The molecule has 0 radical (unpaired) electrons. The Hall–Kier alpha value is -3.09. The molecular formula is C21H27N3O4. The molecule has 1 heterocycles. The fourth-order valence-electron chi connectivity index (χ4n) is 2.75. The number of aryl methyl sites for hydroxylation is 1. The number of pyridine rings is 1. The Morgan fingerprint density at radius 3 is 2.54 bits per heavy atom. The Labute approximate surface area is 165 Å². The summed E-state index contributed by atoms with van der Waals surface area (Å²) < 4.78 is 10.5. The van der Waals surface area contributed by atoms with E-state index in [1.165, 1.54) is 6.92 Å². The summed E-state index contributed by atoms with van der Waals surface area (Å²) in [5.74, 6) is 1.20. The number of nitrogens with one attached hydrogen (secondary N) is 1. The first-order chi connectivity index (χ1) is 13.5. The molecule has 0 bridgehead atoms. The van der Waals surface area contributed by atoms with Crippen molar-refractivity contribution in [3.8, 4) is 11.5 Å². The Morgan fingerprint density at radius 1 is 1.11 bits per heavy atom. The van der Waals surface area contributed by atoms with Crippen LogP contribution in [-0.2, 0) is 22.6 Å². The molecule has 0 unspecified atom stereocenters. The molecule has 0 saturated carbocycles. The van der Waals surface area contributed by atoms with E-state index in [1.54, 1.807) is 25.3 Å². The van der Waals surface area contributed by atoms with Crippen molar-refractivity contribution in [1.82, 2.24) is 15.2 Å². The van der Waals surface area contributed by atoms with Gasteiger partial charge in [0.25, 0.3) is 0 Å². The summed E-state index contributed by atoms with van der Waals surface area (Å²) in [5.41, 5.74) is 1.81. The lowest BCUT2D eigenvalue weighted by molar-refractivity contribution is -0.130. The summed E-state index contributed by atoms with van der Waals surface area (Å²) in [6, 6.07) is 11.2. The third-order valence-corrected chi connectivity index (χ3v) is 4.32. The van der Waals surface area contributed by atoms with Gasteiger partial charge in [-0.15, -0.1) is 0 Å². The Bertz CT molecular complexity index is 780. The number of hydrogen-bond donors (Lipinski definition) is 1. The summed E-state index contributed by atoms with van der Waals surface area (Å²) >= 11 is 0. The average molecular weight is 385 g/mol. The highest BCUT2D eigenvalue weighted by atomic mass is 16.5. The van der Waals surface area contributed by atoms with E-state index in [-0.39, 0.29) is 11.8 Å². The first kappa shape index (κ1) is 21.2. The topological polar surface area (TPSA) is 80.8 Å². The van der Waals surface area contributed by atoms with E-state index in [2.05, 4.69) is 10.3 Å². The zero-order valence-corrected chi connectivity index (χ0v) is 16.6. The van der Waals surface area contributed by atoms with Crippen molar-refractivity contribution in [1.29, 1.82) is 0 Å². The van der Waals surface area contributed by atoms with Gasteiger partial charge < -0.3 is 19.7 Å². The molecule has 1 aromatic heterocycles. The lowest BCUT2D eigenvalue weighted by Crippen LogP contribution is -2.37. The Morgan fingerprint density at radius 2 is 1.89 bits per heavy atom. The fourth-order valence-corrected chi connectivity index (χ4v) is 2.75. The van der Waals surface area contributed by atoms with Crippen LogP contribution in [0.1, 0.15) is 24.6 Å². The van der Waals surface area contributed by atoms with Gasteiger partial charge in [-0.25, -0.2) is 0 Å². The minimum atomic E-state index is -0.0591. The number of carbonyl (C=O) groups is 2. The molecule has 0 saturated heterocycles. The molecule has 28 heavy (non-hydrogen) atoms. The lowest BCUT2D eigenvalue weighted by atomic mass is 10.1. The van der Waals surface area contributed by atoms with Gasteiger partial charge in [0.1, 0.15) is 0 Å². The molecule has 2 amide bonds. The van der Waals surface area contributed by atoms with Crippen LogP contribution in [0.25, 0.3) is 0 Å². The van der Waals surface area contributed by atoms with Gasteiger partial charge in [0.2, 0.25) is 11.8 Å². The molecule has 0 atom stereocenters. The molecular weight excluding hydrogens is 358 g/mol. The van der Waals surface area contributed by atoms with E-state index in [1.807, 2.05) is 36.4 Å². The number of rotatable bonds is 10. The molecule has 2 aromatic rings. The third-order valence-electron chi connectivity index (χ3n) is 4.32. The van der Waals surface area contributed by atoms with Crippen molar-refractivity contribution in [2.75, 3.05) is 27.3 Å². The summed E-state index contributed by atoms with van der Waals surface area (Å²) in [6.45, 7) is 2.78. The maximum atomic E-state index is 12.1. The lowest BCUT2D eigenvalue weighted by Gasteiger charge is -2.20. The summed E-state index contributed by atoms with van der Waals surface area (Å²) in [5, 5.41) is 2.87. The van der Waals surface area contributed by atoms with Crippen LogP contribution in [0.5, 0.6) is 11.5 Å². The first-order valence-corrected chi connectivity index (χ1v) is 9.16. The number of ether oxygens (including phenoxy) is 2. The molecule has 150 valence electrons. The standard InChI is InChI=1S/C21H27N3O4/c1-16(25)24(15-18-6-4-5-11-22-18)13-12-23-21(26)10-8-17-7-9-19(27-2)20(14-17)28-3/h4-7,9,11,14H,8,10,12-13,15H2,1-3H3,(H,23,26). The normalized spacial score (nSPS) is 10.2. The van der Waals surface area contributed by atoms with Crippen LogP contribution in [0.3, 0.4) is 0 Å². The van der Waals surface area contributed by atoms with E-state index in [4.69, 9.17) is 9.47 Å². The second-order valence-corrected chi connectivity index (χ2v) is 6.30. The summed E-state index contributed by atoms with van der Waals surface area (Å²) in [7, 11) is 3.17. The van der Waals surface area contributed by atoms with Gasteiger partial charge in [-0.1, -0.05) is 12.1 Å². The molecule has 0 aliphatic heterocycles. The molecule has 1 N–H and O–H groups in total. The van der Waals surface area contributed by atoms with E-state index in [0.717, 1.165) is 11.3 Å². The molecule has 2 rings (SSSR count). The molecule has 1 aromatic carbocycles. The second-order valence-electron chi connectivity index (χ2n) is 6.30. The van der Waals surface area contributed by atoms with E-state index in [9.17, 15) is 9.59 Å². The van der Waals surface area contributed by atoms with Crippen molar-refractivity contribution in [2.24, 2.45) is 0 Å². The number of methoxy groups -OCH3 is 2. The predicted molar refractivity (Wildman–Crippen MR) is 106 cm³/mol. The molecule has 0 fully saturated rings. The number of nitrogens with zero attached hydrogens (tertiary/aromatic N) is 2. The number of hydrogen-bond acceptors (Lipinski definition) is 5. The van der Waals surface area contributed by atoms with Crippen LogP contribution in [0.15, 0.2) is 42.6 Å². The molecule has 0 aliphatic rings. The smallest absolute Gasteiger partial charge is 0.220 e. The monoisotopic (exact) mass is 385 g/mol. The van der Waals surface area contributed by atoms with E-state index < -0.39 is 0 Å². The van der Waals surface area contributed by atoms with Crippen molar-refractivity contribution in [3.63, 3.8) is 0 Å². The van der Waals surface area contributed by atoms with Crippen molar-refractivity contribution in [2.45, 2.75) is 26.3 Å². The fraction of sp³-hybridized carbons (Fsp3) is 0.381. The first-order valence-electron chi connectivity index (χ1n) is 9.16. The Kier molecular flexibility index (Phi) is 8.27. The van der Waals surface area contributed by atoms with Gasteiger partial charge in [-0.05, 0) is 36.2 Å². The molecule has 7 nitrogen and oxygen atoms in total. The highest BCUT2D eigenvalue weighted by molar-refractivity contribution is 5.76. The number of aromatic nitrogens is 1. The zero-order valence-electron chi connectivity index (χ0n) is 16.6. The van der Waals surface area contributed by atoms with Crippen molar-refractivity contribution >= 4 is 11.8 Å². The minimum absolute atomic E-state index is 0.0507. The number of carbonyl (C=O) groups excluding carboxylic acids is 2. The van der Waals surface area contributed by atoms with Crippen LogP contribution < -0.4 is 14.8 Å². The van der Waals surface area contributed by atoms with E-state index in [0.29, 0.717) is 44.0 Å². The van der Waals surface area contributed by atoms with Crippen molar-refractivity contribution in [3.05, 3.63) is 53.9 Å². The van der Waals surface area contributed by atoms with Gasteiger partial charge in [0.15, 0.2) is 11.5 Å². The second kappa shape index (κ2) is 10.9. The van der Waals surface area contributed by atoms with Gasteiger partial charge in [-0.3, -0.25) is 14.6 Å². The highest BCUT2D eigenvalue weighted by Crippen LogP contribution is 2.27. The average Bonchev–Trinajstić information content (AvgIpc) is 2.71. The summed E-state index contributed by atoms with van der Waals surface area (Å²) in [4.78, 5) is 29.8. The Balaban J connectivity index is 1.77.